The number of fused-ring (bicyclic) bond motifs is 1. The molecule has 264 valence electrons. The molecule has 0 bridgehead atoms. The number of aliphatic carboxylic acids is 1. The topological polar surface area (TPSA) is 96.3 Å². The van der Waals surface area contributed by atoms with Crippen molar-refractivity contribution in [3.8, 4) is 0 Å². The Kier molecular flexibility index (Phi) is 9.23. The monoisotopic (exact) mass is 699 g/mol. The van der Waals surface area contributed by atoms with Crippen LogP contribution in [0.3, 0.4) is 0 Å². The molecule has 0 unspecified atom stereocenters. The Bertz CT molecular complexity index is 1730. The van der Waals surface area contributed by atoms with E-state index in [9.17, 15) is 45.0 Å². The van der Waals surface area contributed by atoms with Gasteiger partial charge in [0.25, 0.3) is 0 Å². The second-order valence-corrected chi connectivity index (χ2v) is 12.8. The van der Waals surface area contributed by atoms with Crippen molar-refractivity contribution in [3.05, 3.63) is 70.3 Å². The first-order valence-corrected chi connectivity index (χ1v) is 15.7. The highest BCUT2D eigenvalue weighted by molar-refractivity contribution is 5.83. The van der Waals surface area contributed by atoms with Crippen molar-refractivity contribution in [2.75, 3.05) is 18.5 Å². The highest BCUT2D eigenvalue weighted by atomic mass is 19.4. The van der Waals surface area contributed by atoms with Crippen molar-refractivity contribution < 1.29 is 45.0 Å². The number of hydrazine groups is 2. The van der Waals surface area contributed by atoms with E-state index in [0.29, 0.717) is 55.7 Å². The number of benzene rings is 2. The summed E-state index contributed by atoms with van der Waals surface area (Å²) in [5.41, 5.74) is 2.88. The number of nitrogens with one attached hydrogen (secondary N) is 2. The summed E-state index contributed by atoms with van der Waals surface area (Å²) in [6, 6.07) is 4.85. The fraction of sp³-hybridized carbons (Fsp3) is 0.469. The van der Waals surface area contributed by atoms with E-state index < -0.39 is 53.5 Å². The van der Waals surface area contributed by atoms with Crippen molar-refractivity contribution in [1.29, 1.82) is 0 Å². The van der Waals surface area contributed by atoms with E-state index in [-0.39, 0.29) is 47.0 Å². The van der Waals surface area contributed by atoms with E-state index in [1.807, 2.05) is 0 Å². The Morgan fingerprint density at radius 3 is 2.16 bits per heavy atom. The van der Waals surface area contributed by atoms with Gasteiger partial charge in [0, 0.05) is 49.7 Å². The second-order valence-electron chi connectivity index (χ2n) is 12.8. The van der Waals surface area contributed by atoms with Crippen LogP contribution in [0.2, 0.25) is 0 Å². The first-order chi connectivity index (χ1) is 23.1. The van der Waals surface area contributed by atoms with E-state index >= 15 is 0 Å². The molecule has 9 nitrogen and oxygen atoms in total. The van der Waals surface area contributed by atoms with Crippen LogP contribution in [-0.2, 0) is 30.2 Å². The molecule has 0 spiro atoms. The minimum absolute atomic E-state index is 0.0512. The maximum Gasteiger partial charge on any atom is 0.416 e. The number of anilines is 1. The lowest BCUT2D eigenvalue weighted by Gasteiger charge is -2.37. The number of pyridine rings is 1. The van der Waals surface area contributed by atoms with E-state index in [1.165, 1.54) is 10.0 Å². The first-order valence-electron chi connectivity index (χ1n) is 15.7. The molecule has 1 saturated carbocycles. The first kappa shape index (κ1) is 34.5. The number of halogens is 8. The largest absolute Gasteiger partial charge is 0.481 e. The molecule has 2 aliphatic heterocycles. The summed E-state index contributed by atoms with van der Waals surface area (Å²) >= 11 is 0. The van der Waals surface area contributed by atoms with E-state index in [0.717, 1.165) is 25.0 Å². The third-order valence-electron chi connectivity index (χ3n) is 9.40. The van der Waals surface area contributed by atoms with Gasteiger partial charge in [0.2, 0.25) is 5.96 Å². The Balaban J connectivity index is 1.41. The lowest BCUT2D eigenvalue weighted by atomic mass is 9.78. The number of guanidine groups is 1. The quantitative estimate of drug-likeness (QED) is 0.237. The Morgan fingerprint density at radius 2 is 1.57 bits per heavy atom. The lowest BCUT2D eigenvalue weighted by molar-refractivity contribution is -0.144. The fourth-order valence-electron chi connectivity index (χ4n) is 7.07. The van der Waals surface area contributed by atoms with Crippen LogP contribution in [-0.4, -0.2) is 51.7 Å². The van der Waals surface area contributed by atoms with Crippen molar-refractivity contribution in [2.24, 2.45) is 16.9 Å². The van der Waals surface area contributed by atoms with Crippen molar-refractivity contribution >= 4 is 28.6 Å². The number of carboxylic acids is 1. The molecule has 2 fully saturated rings. The normalized spacial score (nSPS) is 21.9. The Labute approximate surface area is 275 Å². The highest BCUT2D eigenvalue weighted by Gasteiger charge is 2.39. The van der Waals surface area contributed by atoms with Gasteiger partial charge in [-0.15, -0.1) is 10.2 Å². The van der Waals surface area contributed by atoms with Gasteiger partial charge >= 0.3 is 18.3 Å². The molecular formula is C32H33F8N7O2. The minimum atomic E-state index is -5.05. The maximum atomic E-state index is 14.4. The van der Waals surface area contributed by atoms with E-state index in [4.69, 9.17) is 4.98 Å². The van der Waals surface area contributed by atoms with Crippen LogP contribution in [0.15, 0.2) is 41.5 Å². The van der Waals surface area contributed by atoms with Crippen LogP contribution < -0.4 is 15.9 Å². The van der Waals surface area contributed by atoms with Gasteiger partial charge in [0.05, 0.1) is 22.6 Å². The summed E-state index contributed by atoms with van der Waals surface area (Å²) in [7, 11) is 1.55. The summed E-state index contributed by atoms with van der Waals surface area (Å²) in [4.78, 5) is 19.8. The molecule has 3 heterocycles. The predicted molar refractivity (Wildman–Crippen MR) is 162 cm³/mol. The van der Waals surface area contributed by atoms with Crippen molar-refractivity contribution in [3.63, 3.8) is 0 Å². The molecule has 1 atom stereocenters. The molecular weight excluding hydrogens is 666 g/mol. The third kappa shape index (κ3) is 7.45. The van der Waals surface area contributed by atoms with Crippen LogP contribution in [0.1, 0.15) is 60.8 Å². The standard InChI is InChI=1S/C32H33F8N7O2/c1-45-43-30(42-44-45)46(15-17-9-22(31(35,36)37)13-23(10-17)32(38,39)40)16-21-11-20-12-24(33)25(34)14-26(20)41-28(21)47-8-2-3-27(47)18-4-6-19(7-5-18)29(48)49/h9-14,18-19,27,44H,2-8,15-16H2,1H3,(H,42,43)(H,48,49)/t18?,19?,27-/m1/s1. The number of alkyl halides is 6. The number of aromatic nitrogens is 1. The highest BCUT2D eigenvalue weighted by Crippen LogP contribution is 2.41. The third-order valence-corrected chi connectivity index (χ3v) is 9.40. The molecule has 3 N–H and O–H groups in total. The number of carbonyl (C=O) groups is 1. The summed E-state index contributed by atoms with van der Waals surface area (Å²) < 4.78 is 111. The molecule has 0 amide bonds. The summed E-state index contributed by atoms with van der Waals surface area (Å²) in [6.45, 7) is -0.0534. The molecule has 17 heteroatoms. The van der Waals surface area contributed by atoms with Crippen LogP contribution in [0.25, 0.3) is 10.9 Å². The molecule has 3 aromatic rings. The molecule has 1 aromatic heterocycles. The number of carboxylic acid groups (broad SMARTS) is 1. The molecule has 1 aliphatic carbocycles. The zero-order valence-corrected chi connectivity index (χ0v) is 26.2. The van der Waals surface area contributed by atoms with Gasteiger partial charge in [-0.05, 0) is 80.3 Å². The molecule has 2 aromatic carbocycles. The van der Waals surface area contributed by atoms with Gasteiger partial charge in [-0.2, -0.15) is 26.3 Å². The zero-order valence-electron chi connectivity index (χ0n) is 26.2. The van der Waals surface area contributed by atoms with Gasteiger partial charge in [0.1, 0.15) is 5.82 Å². The molecule has 3 aliphatic rings. The zero-order chi connectivity index (χ0) is 35.2. The number of hydrogen-bond acceptors (Lipinski definition) is 8. The van der Waals surface area contributed by atoms with Crippen LogP contribution in [0.4, 0.5) is 40.9 Å². The molecule has 6 rings (SSSR count). The number of hydrogen-bond donors (Lipinski definition) is 3. The van der Waals surface area contributed by atoms with Crippen LogP contribution in [0.5, 0.6) is 0 Å². The summed E-state index contributed by atoms with van der Waals surface area (Å²) in [6.07, 6.45) is -6.17. The van der Waals surface area contributed by atoms with Gasteiger partial charge < -0.3 is 14.9 Å². The Morgan fingerprint density at radius 1 is 0.918 bits per heavy atom. The average molecular weight is 700 g/mol. The molecule has 0 radical (unpaired) electrons. The van der Waals surface area contributed by atoms with E-state index in [2.05, 4.69) is 21.0 Å². The van der Waals surface area contributed by atoms with Gasteiger partial charge in [0.15, 0.2) is 11.6 Å². The minimum Gasteiger partial charge on any atom is -0.481 e. The van der Waals surface area contributed by atoms with Gasteiger partial charge in [-0.25, -0.2) is 19.3 Å². The summed E-state index contributed by atoms with van der Waals surface area (Å²) in [5.74, 6) is -2.85. The predicted octanol–water partition coefficient (Wildman–Crippen LogP) is 6.64. The number of rotatable bonds is 7. The average Bonchev–Trinajstić information content (AvgIpc) is 3.70. The van der Waals surface area contributed by atoms with Crippen molar-refractivity contribution in [1.82, 2.24) is 26.0 Å². The molecule has 49 heavy (non-hydrogen) atoms. The van der Waals surface area contributed by atoms with Crippen LogP contribution >= 0.6 is 0 Å². The van der Waals surface area contributed by atoms with Crippen molar-refractivity contribution in [2.45, 2.75) is 70.0 Å². The Hall–Kier alpha value is -4.41. The van der Waals surface area contributed by atoms with Gasteiger partial charge in [-0.3, -0.25) is 10.2 Å². The maximum absolute atomic E-state index is 14.4. The van der Waals surface area contributed by atoms with Gasteiger partial charge in [-0.1, -0.05) is 0 Å². The molecule has 1 saturated heterocycles. The number of hydrazone groups is 1. The van der Waals surface area contributed by atoms with E-state index in [1.54, 1.807) is 13.1 Å². The second kappa shape index (κ2) is 13.1. The SMILES string of the molecule is CN1NN=C(N(Cc2cc(C(F)(F)F)cc(C(F)(F)F)c2)Cc2cc3cc(F)c(F)cc3nc2N2CCC[C@@H]2C2CCC(C(=O)O)CC2)N1. The summed E-state index contributed by atoms with van der Waals surface area (Å²) in [5, 5.41) is 15.2. The smallest absolute Gasteiger partial charge is 0.416 e. The van der Waals surface area contributed by atoms with Crippen LogP contribution in [0, 0.1) is 23.5 Å². The fourth-order valence-corrected chi connectivity index (χ4v) is 7.07. The number of nitrogens with zero attached hydrogens (tertiary/aromatic N) is 5. The lowest BCUT2D eigenvalue weighted by Crippen LogP contribution is -2.45.